The molecule has 0 bridgehead atoms. The second-order valence-corrected chi connectivity index (χ2v) is 10.0. The van der Waals surface area contributed by atoms with Crippen molar-refractivity contribution in [1.29, 1.82) is 0 Å². The van der Waals surface area contributed by atoms with E-state index in [4.69, 9.17) is 11.6 Å². The van der Waals surface area contributed by atoms with Crippen molar-refractivity contribution in [2.45, 2.75) is 28.7 Å². The summed E-state index contributed by atoms with van der Waals surface area (Å²) in [7, 11) is -3.93. The monoisotopic (exact) mass is 460 g/mol. The fourth-order valence-corrected chi connectivity index (χ4v) is 6.02. The van der Waals surface area contributed by atoms with Gasteiger partial charge in [0, 0.05) is 10.4 Å². The predicted octanol–water partition coefficient (Wildman–Crippen LogP) is 3.92. The molecule has 2 heterocycles. The number of hydrogen-bond acceptors (Lipinski definition) is 5. The molecule has 1 unspecified atom stereocenters. The molecule has 154 valence electrons. The first-order chi connectivity index (χ1) is 14.4. The van der Waals surface area contributed by atoms with Gasteiger partial charge in [-0.15, -0.1) is 11.3 Å². The van der Waals surface area contributed by atoms with Gasteiger partial charge < -0.3 is 10.6 Å². The minimum Gasteiger partial charge on any atom is -0.339 e. The summed E-state index contributed by atoms with van der Waals surface area (Å²) in [6.07, 6.45) is 0.999. The highest BCUT2D eigenvalue weighted by Gasteiger charge is 2.34. The van der Waals surface area contributed by atoms with E-state index in [1.165, 1.54) is 29.6 Å². The van der Waals surface area contributed by atoms with Crippen molar-refractivity contribution in [3.63, 3.8) is 0 Å². The first-order valence-electron chi connectivity index (χ1n) is 9.14. The van der Waals surface area contributed by atoms with Gasteiger partial charge in [-0.1, -0.05) is 41.9 Å². The quantitative estimate of drug-likeness (QED) is 0.603. The van der Waals surface area contributed by atoms with E-state index in [0.29, 0.717) is 17.9 Å². The molecule has 6 nitrogen and oxygen atoms in total. The Balaban J connectivity index is 1.61. The highest BCUT2D eigenvalue weighted by atomic mass is 35.5. The van der Waals surface area contributed by atoms with Crippen LogP contribution in [0.2, 0.25) is 5.02 Å². The van der Waals surface area contributed by atoms with Crippen molar-refractivity contribution < 1.29 is 18.0 Å². The minimum absolute atomic E-state index is 0.0275. The number of halogens is 1. The average molecular weight is 461 g/mol. The number of aryl methyl sites for hydroxylation is 1. The lowest BCUT2D eigenvalue weighted by molar-refractivity contribution is -0.118. The van der Waals surface area contributed by atoms with Crippen LogP contribution < -0.4 is 10.6 Å². The van der Waals surface area contributed by atoms with E-state index >= 15 is 0 Å². The molecule has 4 rings (SSSR count). The van der Waals surface area contributed by atoms with E-state index in [1.807, 2.05) is 30.3 Å². The van der Waals surface area contributed by atoms with E-state index in [-0.39, 0.29) is 20.4 Å². The lowest BCUT2D eigenvalue weighted by atomic mass is 10.0. The molecule has 0 saturated carbocycles. The zero-order chi connectivity index (χ0) is 21.3. The molecule has 0 saturated heterocycles. The van der Waals surface area contributed by atoms with Gasteiger partial charge in [0.1, 0.15) is 15.8 Å². The van der Waals surface area contributed by atoms with Crippen LogP contribution in [0.1, 0.15) is 21.7 Å². The number of thiophene rings is 1. The predicted molar refractivity (Wildman–Crippen MR) is 116 cm³/mol. The molecule has 30 heavy (non-hydrogen) atoms. The zero-order valence-corrected chi connectivity index (χ0v) is 18.0. The Morgan fingerprint density at radius 2 is 1.70 bits per heavy atom. The molecule has 2 aromatic carbocycles. The van der Waals surface area contributed by atoms with Crippen LogP contribution in [0.3, 0.4) is 0 Å². The van der Waals surface area contributed by atoms with E-state index in [9.17, 15) is 18.0 Å². The van der Waals surface area contributed by atoms with Crippen molar-refractivity contribution in [3.05, 3.63) is 75.4 Å². The standard InChI is InChI=1S/C21H17ClN2O4S2/c22-14-7-9-15(10-8-14)30(27,28)17-12-29-19-18(17)24-20(25)16(23-21(19)26)11-6-13-4-2-1-3-5-13/h1-5,7-10,12,16H,6,11H2,(H,23,26)(H,24,25). The Morgan fingerprint density at radius 1 is 1.00 bits per heavy atom. The third-order valence-corrected chi connectivity index (χ3v) is 7.99. The van der Waals surface area contributed by atoms with E-state index in [2.05, 4.69) is 10.6 Å². The van der Waals surface area contributed by atoms with Crippen LogP contribution in [0.15, 0.2) is 69.8 Å². The molecule has 1 aromatic heterocycles. The van der Waals surface area contributed by atoms with Crippen LogP contribution in [-0.2, 0) is 21.1 Å². The van der Waals surface area contributed by atoms with Crippen molar-refractivity contribution in [2.75, 3.05) is 5.32 Å². The van der Waals surface area contributed by atoms with Gasteiger partial charge in [-0.3, -0.25) is 9.59 Å². The smallest absolute Gasteiger partial charge is 0.264 e. The maximum atomic E-state index is 13.1. The normalized spacial score (nSPS) is 16.4. The number of hydrogen-bond donors (Lipinski definition) is 2. The largest absolute Gasteiger partial charge is 0.339 e. The summed E-state index contributed by atoms with van der Waals surface area (Å²) in [5, 5.41) is 7.16. The molecule has 0 spiro atoms. The van der Waals surface area contributed by atoms with Crippen molar-refractivity contribution in [1.82, 2.24) is 5.32 Å². The Labute approximate surface area is 182 Å². The summed E-state index contributed by atoms with van der Waals surface area (Å²) in [4.78, 5) is 25.6. The number of carbonyl (C=O) groups excluding carboxylic acids is 2. The summed E-state index contributed by atoms with van der Waals surface area (Å²) in [6.45, 7) is 0. The number of anilines is 1. The Hall–Kier alpha value is -2.68. The summed E-state index contributed by atoms with van der Waals surface area (Å²) in [5.41, 5.74) is 1.07. The van der Waals surface area contributed by atoms with Gasteiger partial charge >= 0.3 is 0 Å². The lowest BCUT2D eigenvalue weighted by Crippen LogP contribution is -2.41. The highest BCUT2D eigenvalue weighted by Crippen LogP contribution is 2.37. The fourth-order valence-electron chi connectivity index (χ4n) is 3.22. The van der Waals surface area contributed by atoms with Gasteiger partial charge in [0.05, 0.1) is 10.6 Å². The van der Waals surface area contributed by atoms with Crippen LogP contribution in [-0.4, -0.2) is 26.3 Å². The Bertz CT molecular complexity index is 1210. The Kier molecular flexibility index (Phi) is 5.64. The van der Waals surface area contributed by atoms with Crippen molar-refractivity contribution in [2.24, 2.45) is 0 Å². The molecule has 1 aliphatic rings. The molecule has 0 fully saturated rings. The maximum Gasteiger partial charge on any atom is 0.264 e. The molecule has 3 aromatic rings. The van der Waals surface area contributed by atoms with Gasteiger partial charge in [0.2, 0.25) is 15.7 Å². The lowest BCUT2D eigenvalue weighted by Gasteiger charge is -2.15. The number of amides is 2. The fraction of sp³-hybridized carbons (Fsp3) is 0.143. The first-order valence-corrected chi connectivity index (χ1v) is 11.9. The number of nitrogens with one attached hydrogen (secondary N) is 2. The summed E-state index contributed by atoms with van der Waals surface area (Å²) in [6, 6.07) is 14.6. The van der Waals surface area contributed by atoms with Gasteiger partial charge in [-0.25, -0.2) is 8.42 Å². The van der Waals surface area contributed by atoms with Gasteiger partial charge in [0.25, 0.3) is 5.91 Å². The van der Waals surface area contributed by atoms with Gasteiger partial charge in [0.15, 0.2) is 0 Å². The van der Waals surface area contributed by atoms with Crippen LogP contribution in [0.4, 0.5) is 5.69 Å². The summed E-state index contributed by atoms with van der Waals surface area (Å²) in [5.74, 6) is -0.909. The van der Waals surface area contributed by atoms with Crippen LogP contribution >= 0.6 is 22.9 Å². The highest BCUT2D eigenvalue weighted by molar-refractivity contribution is 7.91. The van der Waals surface area contributed by atoms with Crippen LogP contribution in [0.5, 0.6) is 0 Å². The molecule has 0 aliphatic carbocycles. The topological polar surface area (TPSA) is 92.3 Å². The number of fused-ring (bicyclic) bond motifs is 1. The molecule has 1 atom stereocenters. The molecule has 2 amide bonds. The third-order valence-electron chi connectivity index (χ3n) is 4.81. The van der Waals surface area contributed by atoms with Crippen molar-refractivity contribution >= 4 is 50.3 Å². The Morgan fingerprint density at radius 3 is 2.40 bits per heavy atom. The van der Waals surface area contributed by atoms with E-state index in [1.54, 1.807) is 0 Å². The maximum absolute atomic E-state index is 13.1. The SMILES string of the molecule is O=C1NC(CCc2ccccc2)C(=O)Nc2c(S(=O)(=O)c3ccc(Cl)cc3)csc21. The van der Waals surface area contributed by atoms with Crippen LogP contribution in [0.25, 0.3) is 0 Å². The number of sulfone groups is 1. The summed E-state index contributed by atoms with van der Waals surface area (Å²) >= 11 is 6.83. The van der Waals surface area contributed by atoms with Gasteiger partial charge in [-0.2, -0.15) is 0 Å². The number of carbonyl (C=O) groups is 2. The van der Waals surface area contributed by atoms with E-state index < -0.39 is 27.7 Å². The summed E-state index contributed by atoms with van der Waals surface area (Å²) < 4.78 is 26.2. The minimum atomic E-state index is -3.93. The molecule has 0 radical (unpaired) electrons. The first kappa shape index (κ1) is 20.6. The molecule has 2 N–H and O–H groups in total. The van der Waals surface area contributed by atoms with Gasteiger partial charge in [-0.05, 0) is 42.7 Å². The molecule has 1 aliphatic heterocycles. The zero-order valence-electron chi connectivity index (χ0n) is 15.6. The molecular weight excluding hydrogens is 444 g/mol. The number of benzene rings is 2. The molecular formula is C21H17ClN2O4S2. The van der Waals surface area contributed by atoms with Crippen LogP contribution in [0, 0.1) is 0 Å². The molecule has 9 heteroatoms. The second kappa shape index (κ2) is 8.22. The van der Waals surface area contributed by atoms with E-state index in [0.717, 1.165) is 16.9 Å². The third kappa shape index (κ3) is 3.98. The second-order valence-electron chi connectivity index (χ2n) is 6.80. The average Bonchev–Trinajstić information content (AvgIpc) is 3.11. The van der Waals surface area contributed by atoms with Crippen molar-refractivity contribution in [3.8, 4) is 0 Å². The number of rotatable bonds is 5.